The fraction of sp³-hybridized carbons (Fsp3) is 0.111. The Labute approximate surface area is 190 Å². The number of aliphatic imine (C=N–C) groups is 1. The molecule has 158 valence electrons. The molecule has 0 amide bonds. The Balaban J connectivity index is 1.68. The van der Waals surface area contributed by atoms with Gasteiger partial charge in [-0.3, -0.25) is 20.0 Å². The summed E-state index contributed by atoms with van der Waals surface area (Å²) in [7, 11) is 1.88. The van der Waals surface area contributed by atoms with Gasteiger partial charge >= 0.3 is 0 Å². The maximum atomic E-state index is 9.46. The Morgan fingerprint density at radius 2 is 1.85 bits per heavy atom. The van der Waals surface area contributed by atoms with Crippen LogP contribution in [0.5, 0.6) is 0 Å². The second-order valence-electron chi connectivity index (χ2n) is 8.44. The van der Waals surface area contributed by atoms with Gasteiger partial charge in [0.05, 0.1) is 46.6 Å². The van der Waals surface area contributed by atoms with Gasteiger partial charge in [-0.1, -0.05) is 24.3 Å². The highest BCUT2D eigenvalue weighted by atomic mass is 15.2. The van der Waals surface area contributed by atoms with Gasteiger partial charge in [0.2, 0.25) is 5.62 Å². The number of aryl methyl sites for hydroxylation is 2. The predicted molar refractivity (Wildman–Crippen MR) is 130 cm³/mol. The van der Waals surface area contributed by atoms with Crippen LogP contribution in [0.3, 0.4) is 0 Å². The molecule has 5 aromatic rings. The van der Waals surface area contributed by atoms with Gasteiger partial charge in [-0.05, 0) is 65.1 Å². The van der Waals surface area contributed by atoms with Crippen LogP contribution in [-0.2, 0) is 13.6 Å². The normalized spacial score (nSPS) is 12.4. The van der Waals surface area contributed by atoms with Crippen LogP contribution in [-0.4, -0.2) is 20.3 Å². The molecule has 6 rings (SSSR count). The number of nitriles is 1. The van der Waals surface area contributed by atoms with E-state index < -0.39 is 0 Å². The summed E-state index contributed by atoms with van der Waals surface area (Å²) in [5.41, 5.74) is 9.99. The Kier molecular flexibility index (Phi) is 4.08. The van der Waals surface area contributed by atoms with E-state index in [0.717, 1.165) is 56.4 Å². The molecule has 3 aromatic carbocycles. The van der Waals surface area contributed by atoms with E-state index in [0.29, 0.717) is 11.2 Å². The highest BCUT2D eigenvalue weighted by Crippen LogP contribution is 2.31. The largest absolute Gasteiger partial charge is 0.312 e. The topological polar surface area (TPSA) is 82.8 Å². The maximum Gasteiger partial charge on any atom is 0.207 e. The second kappa shape index (κ2) is 7.01. The summed E-state index contributed by atoms with van der Waals surface area (Å²) in [5.74, 6) is 0. The highest BCUT2D eigenvalue weighted by molar-refractivity contribution is 6.05. The third kappa shape index (κ3) is 2.83. The SMILES string of the molecule is Cc1ccc(C#N)cc1-n1c(=N)n(C)c2cnc3ccc(-c4ccc5c(c4)C=NC5)cc3c21. The average molecular weight is 428 g/mol. The van der Waals surface area contributed by atoms with E-state index in [-0.39, 0.29) is 0 Å². The molecule has 0 aliphatic carbocycles. The first-order valence-corrected chi connectivity index (χ1v) is 10.7. The lowest BCUT2D eigenvalue weighted by molar-refractivity contribution is 0.786. The number of fused-ring (bicyclic) bond motifs is 4. The first kappa shape index (κ1) is 19.2. The van der Waals surface area contributed by atoms with E-state index in [9.17, 15) is 5.26 Å². The van der Waals surface area contributed by atoms with E-state index in [2.05, 4.69) is 46.4 Å². The van der Waals surface area contributed by atoms with Crippen molar-refractivity contribution in [3.8, 4) is 22.9 Å². The Morgan fingerprint density at radius 1 is 1.03 bits per heavy atom. The van der Waals surface area contributed by atoms with Crippen LogP contribution >= 0.6 is 0 Å². The Morgan fingerprint density at radius 3 is 2.70 bits per heavy atom. The molecule has 0 spiro atoms. The monoisotopic (exact) mass is 428 g/mol. The van der Waals surface area contributed by atoms with Crippen molar-refractivity contribution in [2.45, 2.75) is 13.5 Å². The van der Waals surface area contributed by atoms with Gasteiger partial charge in [0.1, 0.15) is 0 Å². The molecule has 1 aliphatic rings. The summed E-state index contributed by atoms with van der Waals surface area (Å²) in [6.45, 7) is 2.75. The van der Waals surface area contributed by atoms with Crippen molar-refractivity contribution in [1.82, 2.24) is 14.1 Å². The molecule has 6 heteroatoms. The van der Waals surface area contributed by atoms with Crippen molar-refractivity contribution in [3.63, 3.8) is 0 Å². The van der Waals surface area contributed by atoms with Crippen LogP contribution in [0, 0.1) is 23.7 Å². The van der Waals surface area contributed by atoms with Crippen molar-refractivity contribution >= 4 is 28.2 Å². The minimum absolute atomic E-state index is 0.330. The summed E-state index contributed by atoms with van der Waals surface area (Å²) < 4.78 is 3.76. The van der Waals surface area contributed by atoms with Crippen molar-refractivity contribution in [1.29, 1.82) is 10.7 Å². The van der Waals surface area contributed by atoms with Crippen LogP contribution in [0.25, 0.3) is 38.8 Å². The number of imidazole rings is 1. The van der Waals surface area contributed by atoms with E-state index in [1.165, 1.54) is 5.56 Å². The third-order valence-electron chi connectivity index (χ3n) is 6.49. The molecule has 1 aliphatic heterocycles. The summed E-state index contributed by atoms with van der Waals surface area (Å²) in [4.78, 5) is 9.05. The van der Waals surface area contributed by atoms with Crippen molar-refractivity contribution in [2.75, 3.05) is 0 Å². The minimum Gasteiger partial charge on any atom is -0.312 e. The fourth-order valence-corrected chi connectivity index (χ4v) is 4.63. The number of hydrogen-bond donors (Lipinski definition) is 1. The number of benzene rings is 3. The molecule has 0 atom stereocenters. The zero-order valence-electron chi connectivity index (χ0n) is 18.3. The average Bonchev–Trinajstić information content (AvgIpc) is 3.41. The lowest BCUT2D eigenvalue weighted by Gasteiger charge is -2.11. The number of aromatic nitrogens is 3. The Hall–Kier alpha value is -4.50. The highest BCUT2D eigenvalue weighted by Gasteiger charge is 2.17. The molecule has 0 unspecified atom stereocenters. The molecular formula is C27H20N6. The first-order chi connectivity index (χ1) is 16.0. The standard InChI is InChI=1S/C27H20N6/c1-16-3-4-17(12-28)9-24(16)33-26-22-11-19(18-5-6-20-13-30-14-21(20)10-18)7-8-23(22)31-15-25(26)32(2)27(33)29/h3-11,14-15,29H,13H2,1-2H3. The van der Waals surface area contributed by atoms with E-state index >= 15 is 0 Å². The van der Waals surface area contributed by atoms with Crippen molar-refractivity contribution in [2.24, 2.45) is 12.0 Å². The molecule has 1 N–H and O–H groups in total. The van der Waals surface area contributed by atoms with Crippen LogP contribution in [0.15, 0.2) is 65.8 Å². The molecule has 0 bridgehead atoms. The molecule has 33 heavy (non-hydrogen) atoms. The second-order valence-corrected chi connectivity index (χ2v) is 8.44. The fourth-order valence-electron chi connectivity index (χ4n) is 4.63. The van der Waals surface area contributed by atoms with Crippen LogP contribution in [0.1, 0.15) is 22.3 Å². The minimum atomic E-state index is 0.330. The van der Waals surface area contributed by atoms with Crippen molar-refractivity contribution < 1.29 is 0 Å². The quantitative estimate of drug-likeness (QED) is 0.439. The number of pyridine rings is 1. The van der Waals surface area contributed by atoms with E-state index in [1.54, 1.807) is 0 Å². The Bertz CT molecular complexity index is 1740. The summed E-state index contributed by atoms with van der Waals surface area (Å²) in [5, 5.41) is 19.3. The number of nitrogens with one attached hydrogen (secondary N) is 1. The molecule has 6 nitrogen and oxygen atoms in total. The van der Waals surface area contributed by atoms with Crippen molar-refractivity contribution in [3.05, 3.63) is 88.7 Å². The van der Waals surface area contributed by atoms with Gasteiger partial charge < -0.3 is 4.57 Å². The van der Waals surface area contributed by atoms with E-state index in [4.69, 9.17) is 5.41 Å². The van der Waals surface area contributed by atoms with Crippen LogP contribution in [0.4, 0.5) is 0 Å². The van der Waals surface area contributed by atoms with Gasteiger partial charge in [-0.25, -0.2) is 0 Å². The summed E-state index contributed by atoms with van der Waals surface area (Å²) in [6, 6.07) is 20.5. The molecule has 2 aromatic heterocycles. The first-order valence-electron chi connectivity index (χ1n) is 10.7. The number of rotatable bonds is 2. The van der Waals surface area contributed by atoms with Gasteiger partial charge in [-0.15, -0.1) is 0 Å². The third-order valence-corrected chi connectivity index (χ3v) is 6.49. The van der Waals surface area contributed by atoms with Crippen LogP contribution < -0.4 is 5.62 Å². The zero-order valence-corrected chi connectivity index (χ0v) is 18.3. The zero-order chi connectivity index (χ0) is 22.7. The lowest BCUT2D eigenvalue weighted by atomic mass is 9.99. The smallest absolute Gasteiger partial charge is 0.207 e. The van der Waals surface area contributed by atoms with Gasteiger partial charge in [-0.2, -0.15) is 5.26 Å². The number of hydrogen-bond acceptors (Lipinski definition) is 4. The van der Waals surface area contributed by atoms with Gasteiger partial charge in [0.15, 0.2) is 0 Å². The summed E-state index contributed by atoms with van der Waals surface area (Å²) >= 11 is 0. The molecule has 0 fully saturated rings. The molecule has 3 heterocycles. The molecule has 0 radical (unpaired) electrons. The summed E-state index contributed by atoms with van der Waals surface area (Å²) in [6.07, 6.45) is 3.75. The van der Waals surface area contributed by atoms with E-state index in [1.807, 2.05) is 59.8 Å². The van der Waals surface area contributed by atoms with Gasteiger partial charge in [0.25, 0.3) is 0 Å². The van der Waals surface area contributed by atoms with Gasteiger partial charge in [0, 0.05) is 18.6 Å². The maximum absolute atomic E-state index is 9.46. The molecule has 0 saturated heterocycles. The molecule has 0 saturated carbocycles. The lowest BCUT2D eigenvalue weighted by Crippen LogP contribution is -2.21. The number of nitrogens with zero attached hydrogens (tertiary/aromatic N) is 5. The van der Waals surface area contributed by atoms with Crippen LogP contribution in [0.2, 0.25) is 0 Å². The predicted octanol–water partition coefficient (Wildman–Crippen LogP) is 4.78. The molecular weight excluding hydrogens is 408 g/mol.